The summed E-state index contributed by atoms with van der Waals surface area (Å²) in [6.45, 7) is -0.739. The lowest BCUT2D eigenvalue weighted by molar-refractivity contribution is -0.0504. The van der Waals surface area contributed by atoms with Crippen molar-refractivity contribution in [2.45, 2.75) is 26.4 Å². The van der Waals surface area contributed by atoms with Gasteiger partial charge in [-0.3, -0.25) is 0 Å². The van der Waals surface area contributed by atoms with Crippen LogP contribution in [0.1, 0.15) is 18.9 Å². The molecule has 1 aromatic rings. The summed E-state index contributed by atoms with van der Waals surface area (Å²) >= 11 is 0. The van der Waals surface area contributed by atoms with Crippen LogP contribution >= 0.6 is 0 Å². The van der Waals surface area contributed by atoms with E-state index in [2.05, 4.69) is 4.74 Å². The maximum absolute atomic E-state index is 11.9. The predicted octanol–water partition coefficient (Wildman–Crippen LogP) is 3.24. The fourth-order valence-electron chi connectivity index (χ4n) is 1.19. The molecular weight excluding hydrogens is 174 g/mol. The molecule has 0 aliphatic carbocycles. The third kappa shape index (κ3) is 3.01. The van der Waals surface area contributed by atoms with Crippen LogP contribution in [0.3, 0.4) is 0 Å². The molecule has 1 nitrogen and oxygen atoms in total. The highest BCUT2D eigenvalue weighted by Crippen LogP contribution is 2.21. The van der Waals surface area contributed by atoms with E-state index in [1.54, 1.807) is 18.2 Å². The van der Waals surface area contributed by atoms with Gasteiger partial charge < -0.3 is 4.74 Å². The summed E-state index contributed by atoms with van der Waals surface area (Å²) in [4.78, 5) is 0. The summed E-state index contributed by atoms with van der Waals surface area (Å²) in [5, 5.41) is 0. The van der Waals surface area contributed by atoms with E-state index in [0.717, 1.165) is 18.4 Å². The molecule has 0 heterocycles. The van der Waals surface area contributed by atoms with Gasteiger partial charge in [-0.2, -0.15) is 8.78 Å². The number of benzene rings is 1. The lowest BCUT2D eigenvalue weighted by atomic mass is 10.1. The Labute approximate surface area is 76.3 Å². The second kappa shape index (κ2) is 4.80. The topological polar surface area (TPSA) is 9.23 Å². The summed E-state index contributed by atoms with van der Waals surface area (Å²) < 4.78 is 28.2. The first-order chi connectivity index (χ1) is 6.24. The van der Waals surface area contributed by atoms with Crippen LogP contribution in [0, 0.1) is 0 Å². The van der Waals surface area contributed by atoms with Gasteiger partial charge in [-0.05, 0) is 18.1 Å². The van der Waals surface area contributed by atoms with Gasteiger partial charge in [0.15, 0.2) is 0 Å². The van der Waals surface area contributed by atoms with Gasteiger partial charge in [0.25, 0.3) is 0 Å². The zero-order valence-electron chi connectivity index (χ0n) is 7.47. The molecule has 0 aliphatic heterocycles. The van der Waals surface area contributed by atoms with Gasteiger partial charge in [0, 0.05) is 0 Å². The summed E-state index contributed by atoms with van der Waals surface area (Å²) in [5.41, 5.74) is 0.838. The lowest BCUT2D eigenvalue weighted by Gasteiger charge is -2.08. The largest absolute Gasteiger partial charge is 0.435 e. The van der Waals surface area contributed by atoms with Gasteiger partial charge >= 0.3 is 6.61 Å². The second-order valence-corrected chi connectivity index (χ2v) is 2.74. The second-order valence-electron chi connectivity index (χ2n) is 2.74. The molecule has 0 saturated heterocycles. The lowest BCUT2D eigenvalue weighted by Crippen LogP contribution is -2.04. The van der Waals surface area contributed by atoms with Crippen LogP contribution in [0.5, 0.6) is 5.75 Å². The quantitative estimate of drug-likeness (QED) is 0.701. The molecule has 0 aliphatic rings. The molecule has 0 fully saturated rings. The summed E-state index contributed by atoms with van der Waals surface area (Å²) in [6.07, 6.45) is 1.69. The molecular formula is C10H12F2O. The van der Waals surface area contributed by atoms with Crippen LogP contribution in [0.4, 0.5) is 8.78 Å². The zero-order valence-corrected chi connectivity index (χ0v) is 7.47. The van der Waals surface area contributed by atoms with Crippen LogP contribution < -0.4 is 4.74 Å². The van der Waals surface area contributed by atoms with Crippen molar-refractivity contribution in [1.82, 2.24) is 0 Å². The molecule has 72 valence electrons. The Kier molecular flexibility index (Phi) is 3.68. The molecule has 0 spiro atoms. The first-order valence-electron chi connectivity index (χ1n) is 4.26. The third-order valence-corrected chi connectivity index (χ3v) is 1.71. The van der Waals surface area contributed by atoms with Crippen molar-refractivity contribution >= 4 is 0 Å². The molecule has 0 aromatic heterocycles. The van der Waals surface area contributed by atoms with Crippen LogP contribution in [0.2, 0.25) is 0 Å². The number of hydrogen-bond acceptors (Lipinski definition) is 1. The molecule has 0 N–H and O–H groups in total. The number of rotatable bonds is 4. The average Bonchev–Trinajstić information content (AvgIpc) is 2.08. The van der Waals surface area contributed by atoms with Gasteiger partial charge in [0.1, 0.15) is 5.75 Å². The normalized spacial score (nSPS) is 10.5. The van der Waals surface area contributed by atoms with E-state index in [-0.39, 0.29) is 0 Å². The molecule has 0 saturated carbocycles. The van der Waals surface area contributed by atoms with Gasteiger partial charge in [-0.25, -0.2) is 0 Å². The molecule has 0 amide bonds. The van der Waals surface area contributed by atoms with Crippen molar-refractivity contribution in [2.75, 3.05) is 0 Å². The number of hydrogen-bond donors (Lipinski definition) is 0. The SMILES string of the molecule is CCCc1ccccc1OC(F)F. The maximum Gasteiger partial charge on any atom is 0.387 e. The van der Waals surface area contributed by atoms with Crippen molar-refractivity contribution in [1.29, 1.82) is 0 Å². The molecule has 0 radical (unpaired) electrons. The monoisotopic (exact) mass is 186 g/mol. The van der Waals surface area contributed by atoms with Crippen LogP contribution in [0.15, 0.2) is 24.3 Å². The third-order valence-electron chi connectivity index (χ3n) is 1.71. The predicted molar refractivity (Wildman–Crippen MR) is 47.1 cm³/mol. The van der Waals surface area contributed by atoms with Crippen LogP contribution in [-0.4, -0.2) is 6.61 Å². The number of ether oxygens (including phenoxy) is 1. The summed E-state index contributed by atoms with van der Waals surface area (Å²) in [6, 6.07) is 6.89. The van der Waals surface area contributed by atoms with Crippen molar-refractivity contribution in [2.24, 2.45) is 0 Å². The van der Waals surface area contributed by atoms with Gasteiger partial charge in [0.2, 0.25) is 0 Å². The minimum atomic E-state index is -2.74. The van der Waals surface area contributed by atoms with E-state index in [0.29, 0.717) is 5.75 Å². The van der Waals surface area contributed by atoms with Crippen LogP contribution in [-0.2, 0) is 6.42 Å². The summed E-state index contributed by atoms with van der Waals surface area (Å²) in [5.74, 6) is 0.291. The fourth-order valence-corrected chi connectivity index (χ4v) is 1.19. The Morgan fingerprint density at radius 1 is 1.31 bits per heavy atom. The molecule has 1 aromatic carbocycles. The number of para-hydroxylation sites is 1. The summed E-state index contributed by atoms with van der Waals surface area (Å²) in [7, 11) is 0. The molecule has 0 unspecified atom stereocenters. The Bertz CT molecular complexity index is 261. The van der Waals surface area contributed by atoms with Gasteiger partial charge in [-0.15, -0.1) is 0 Å². The van der Waals surface area contributed by atoms with Crippen molar-refractivity contribution in [3.8, 4) is 5.75 Å². The van der Waals surface area contributed by atoms with E-state index in [9.17, 15) is 8.78 Å². The molecule has 1 rings (SSSR count). The first-order valence-corrected chi connectivity index (χ1v) is 4.26. The Morgan fingerprint density at radius 3 is 2.62 bits per heavy atom. The van der Waals surface area contributed by atoms with E-state index in [1.165, 1.54) is 0 Å². The van der Waals surface area contributed by atoms with Crippen LogP contribution in [0.25, 0.3) is 0 Å². The van der Waals surface area contributed by atoms with E-state index in [1.807, 2.05) is 13.0 Å². The first kappa shape index (κ1) is 9.96. The zero-order chi connectivity index (χ0) is 9.68. The van der Waals surface area contributed by atoms with E-state index >= 15 is 0 Å². The molecule has 3 heteroatoms. The highest BCUT2D eigenvalue weighted by Gasteiger charge is 2.07. The maximum atomic E-state index is 11.9. The highest BCUT2D eigenvalue weighted by molar-refractivity contribution is 5.33. The highest BCUT2D eigenvalue weighted by atomic mass is 19.3. The van der Waals surface area contributed by atoms with E-state index in [4.69, 9.17) is 0 Å². The van der Waals surface area contributed by atoms with E-state index < -0.39 is 6.61 Å². The number of alkyl halides is 2. The van der Waals surface area contributed by atoms with Crippen molar-refractivity contribution in [3.05, 3.63) is 29.8 Å². The number of halogens is 2. The smallest absolute Gasteiger partial charge is 0.387 e. The Morgan fingerprint density at radius 2 is 2.00 bits per heavy atom. The Balaban J connectivity index is 2.78. The van der Waals surface area contributed by atoms with Gasteiger partial charge in [-0.1, -0.05) is 31.5 Å². The fraction of sp³-hybridized carbons (Fsp3) is 0.400. The van der Waals surface area contributed by atoms with Crippen molar-refractivity contribution < 1.29 is 13.5 Å². The van der Waals surface area contributed by atoms with Gasteiger partial charge in [0.05, 0.1) is 0 Å². The molecule has 0 bridgehead atoms. The minimum Gasteiger partial charge on any atom is -0.435 e. The van der Waals surface area contributed by atoms with Crippen molar-refractivity contribution in [3.63, 3.8) is 0 Å². The number of aryl methyl sites for hydroxylation is 1. The Hall–Kier alpha value is -1.12. The standard InChI is InChI=1S/C10H12F2O/c1-2-5-8-6-3-4-7-9(8)13-10(11)12/h3-4,6-7,10H,2,5H2,1H3. The minimum absolute atomic E-state index is 0.291. The molecule has 13 heavy (non-hydrogen) atoms. The molecule has 0 atom stereocenters. The average molecular weight is 186 g/mol.